The Morgan fingerprint density at radius 3 is 2.81 bits per heavy atom. The summed E-state index contributed by atoms with van der Waals surface area (Å²) in [4.78, 5) is 15.7. The van der Waals surface area contributed by atoms with Crippen LogP contribution in [0.3, 0.4) is 0 Å². The molecule has 1 N–H and O–H groups in total. The first-order valence-electron chi connectivity index (χ1n) is 6.75. The van der Waals surface area contributed by atoms with Crippen molar-refractivity contribution in [2.45, 2.75) is 19.9 Å². The Labute approximate surface area is 123 Å². The fraction of sp³-hybridized carbons (Fsp3) is 0.250. The van der Waals surface area contributed by atoms with Gasteiger partial charge in [0.15, 0.2) is 0 Å². The third-order valence-electron chi connectivity index (χ3n) is 2.99. The molecule has 21 heavy (non-hydrogen) atoms. The van der Waals surface area contributed by atoms with Gasteiger partial charge in [0.05, 0.1) is 18.2 Å². The maximum atomic E-state index is 13.2. The van der Waals surface area contributed by atoms with E-state index in [0.717, 1.165) is 5.56 Å². The maximum Gasteiger partial charge on any atom is 0.339 e. The number of aromatic nitrogens is 1. The lowest BCUT2D eigenvalue weighted by Crippen LogP contribution is -2.09. The Morgan fingerprint density at radius 1 is 1.38 bits per heavy atom. The number of ether oxygens (including phenoxy) is 1. The van der Waals surface area contributed by atoms with Gasteiger partial charge in [-0.1, -0.05) is 12.1 Å². The molecule has 2 rings (SSSR count). The maximum absolute atomic E-state index is 13.2. The Bertz CT molecular complexity index is 614. The van der Waals surface area contributed by atoms with Gasteiger partial charge in [0, 0.05) is 6.20 Å². The van der Waals surface area contributed by atoms with Crippen molar-refractivity contribution in [3.8, 4) is 0 Å². The normalized spacial score (nSPS) is 11.8. The number of esters is 1. The van der Waals surface area contributed by atoms with Gasteiger partial charge in [-0.2, -0.15) is 0 Å². The van der Waals surface area contributed by atoms with Crippen molar-refractivity contribution >= 4 is 11.8 Å². The van der Waals surface area contributed by atoms with Crippen molar-refractivity contribution in [1.29, 1.82) is 0 Å². The first-order chi connectivity index (χ1) is 10.1. The van der Waals surface area contributed by atoms with E-state index in [2.05, 4.69) is 10.3 Å². The summed E-state index contributed by atoms with van der Waals surface area (Å²) < 4.78 is 18.1. The molecule has 1 unspecified atom stereocenters. The smallest absolute Gasteiger partial charge is 0.339 e. The van der Waals surface area contributed by atoms with Gasteiger partial charge in [-0.3, -0.25) is 0 Å². The average Bonchev–Trinajstić information content (AvgIpc) is 2.48. The predicted molar refractivity (Wildman–Crippen MR) is 78.6 cm³/mol. The van der Waals surface area contributed by atoms with Crippen LogP contribution in [-0.4, -0.2) is 17.6 Å². The number of carbonyl (C=O) groups excluding carboxylic acids is 1. The molecule has 0 spiro atoms. The summed E-state index contributed by atoms with van der Waals surface area (Å²) in [6, 6.07) is 9.64. The first-order valence-corrected chi connectivity index (χ1v) is 6.75. The topological polar surface area (TPSA) is 51.2 Å². The van der Waals surface area contributed by atoms with Crippen molar-refractivity contribution in [2.75, 3.05) is 11.9 Å². The van der Waals surface area contributed by atoms with Gasteiger partial charge >= 0.3 is 5.97 Å². The molecule has 0 aliphatic heterocycles. The number of anilines is 1. The zero-order valence-electron chi connectivity index (χ0n) is 12.0. The van der Waals surface area contributed by atoms with E-state index >= 15 is 0 Å². The molecular formula is C16H17FN2O2. The van der Waals surface area contributed by atoms with Gasteiger partial charge in [0.1, 0.15) is 11.6 Å². The number of halogens is 1. The van der Waals surface area contributed by atoms with E-state index < -0.39 is 5.97 Å². The van der Waals surface area contributed by atoms with Crippen LogP contribution >= 0.6 is 0 Å². The van der Waals surface area contributed by atoms with Crippen molar-refractivity contribution < 1.29 is 13.9 Å². The summed E-state index contributed by atoms with van der Waals surface area (Å²) in [7, 11) is 0. The molecule has 1 aromatic carbocycles. The number of nitrogens with one attached hydrogen (secondary N) is 1. The lowest BCUT2D eigenvalue weighted by molar-refractivity contribution is 0.0526. The zero-order chi connectivity index (χ0) is 15.2. The molecule has 0 amide bonds. The molecule has 0 fully saturated rings. The number of benzene rings is 1. The summed E-state index contributed by atoms with van der Waals surface area (Å²) in [5, 5.41) is 3.15. The molecule has 4 nitrogen and oxygen atoms in total. The SMILES string of the molecule is CCOC(=O)c1ccc(NC(C)c2cccc(F)c2)nc1. The summed E-state index contributed by atoms with van der Waals surface area (Å²) >= 11 is 0. The highest BCUT2D eigenvalue weighted by molar-refractivity contribution is 5.89. The Balaban J connectivity index is 2.04. The molecule has 1 atom stereocenters. The summed E-state index contributed by atoms with van der Waals surface area (Å²) in [5.41, 5.74) is 1.23. The van der Waals surface area contributed by atoms with E-state index in [1.165, 1.54) is 18.3 Å². The average molecular weight is 288 g/mol. The number of carbonyl (C=O) groups is 1. The lowest BCUT2D eigenvalue weighted by Gasteiger charge is -2.15. The van der Waals surface area contributed by atoms with E-state index in [0.29, 0.717) is 18.0 Å². The highest BCUT2D eigenvalue weighted by Gasteiger charge is 2.09. The summed E-state index contributed by atoms with van der Waals surface area (Å²) in [6.07, 6.45) is 1.46. The second-order valence-electron chi connectivity index (χ2n) is 4.57. The van der Waals surface area contributed by atoms with Crippen LogP contribution in [0.25, 0.3) is 0 Å². The van der Waals surface area contributed by atoms with E-state index in [9.17, 15) is 9.18 Å². The number of rotatable bonds is 5. The number of hydrogen-bond acceptors (Lipinski definition) is 4. The van der Waals surface area contributed by atoms with Crippen molar-refractivity contribution in [3.63, 3.8) is 0 Å². The Kier molecular flexibility index (Phi) is 4.87. The summed E-state index contributed by atoms with van der Waals surface area (Å²) in [5.74, 6) is -0.0543. The van der Waals surface area contributed by atoms with Gasteiger partial charge in [0.25, 0.3) is 0 Å². The highest BCUT2D eigenvalue weighted by Crippen LogP contribution is 2.18. The fourth-order valence-electron chi connectivity index (χ4n) is 1.90. The number of hydrogen-bond donors (Lipinski definition) is 1. The molecule has 110 valence electrons. The second kappa shape index (κ2) is 6.83. The van der Waals surface area contributed by atoms with Crippen LogP contribution in [0.4, 0.5) is 10.2 Å². The standard InChI is InChI=1S/C16H17FN2O2/c1-3-21-16(20)13-7-8-15(18-10-13)19-11(2)12-5-4-6-14(17)9-12/h4-11H,3H2,1-2H3,(H,18,19). The first kappa shape index (κ1) is 15.0. The molecule has 0 saturated carbocycles. The van der Waals surface area contributed by atoms with Crippen molar-refractivity contribution in [1.82, 2.24) is 4.98 Å². The molecule has 2 aromatic rings. The number of pyridine rings is 1. The van der Waals surface area contributed by atoms with E-state index in [1.54, 1.807) is 25.1 Å². The minimum Gasteiger partial charge on any atom is -0.462 e. The van der Waals surface area contributed by atoms with Crippen molar-refractivity contribution in [2.24, 2.45) is 0 Å². The van der Waals surface area contributed by atoms with Crippen molar-refractivity contribution in [3.05, 3.63) is 59.5 Å². The Morgan fingerprint density at radius 2 is 2.19 bits per heavy atom. The molecule has 0 saturated heterocycles. The molecule has 0 bridgehead atoms. The molecule has 0 aliphatic carbocycles. The van der Waals surface area contributed by atoms with Crippen LogP contribution in [0, 0.1) is 5.82 Å². The van der Waals surface area contributed by atoms with Gasteiger partial charge in [0.2, 0.25) is 0 Å². The highest BCUT2D eigenvalue weighted by atomic mass is 19.1. The van der Waals surface area contributed by atoms with Crippen LogP contribution < -0.4 is 5.32 Å². The minimum absolute atomic E-state index is 0.0957. The molecule has 1 aromatic heterocycles. The van der Waals surface area contributed by atoms with Gasteiger partial charge < -0.3 is 10.1 Å². The molecule has 5 heteroatoms. The van der Waals surface area contributed by atoms with Crippen LogP contribution in [0.1, 0.15) is 35.8 Å². The summed E-state index contributed by atoms with van der Waals surface area (Å²) in [6.45, 7) is 3.99. The Hall–Kier alpha value is -2.43. The third-order valence-corrected chi connectivity index (χ3v) is 2.99. The van der Waals surface area contributed by atoms with E-state index in [-0.39, 0.29) is 11.9 Å². The van der Waals surface area contributed by atoms with E-state index in [4.69, 9.17) is 4.74 Å². The second-order valence-corrected chi connectivity index (χ2v) is 4.57. The molecule has 1 heterocycles. The largest absolute Gasteiger partial charge is 0.462 e. The zero-order valence-corrected chi connectivity index (χ0v) is 12.0. The molecular weight excluding hydrogens is 271 g/mol. The quantitative estimate of drug-likeness (QED) is 0.855. The van der Waals surface area contributed by atoms with Crippen LogP contribution in [0.15, 0.2) is 42.6 Å². The number of nitrogens with zero attached hydrogens (tertiary/aromatic N) is 1. The minimum atomic E-state index is -0.394. The van der Waals surface area contributed by atoms with E-state index in [1.807, 2.05) is 13.0 Å². The van der Waals surface area contributed by atoms with Gasteiger partial charge in [-0.15, -0.1) is 0 Å². The van der Waals surface area contributed by atoms with Crippen LogP contribution in [0.5, 0.6) is 0 Å². The van der Waals surface area contributed by atoms with Gasteiger partial charge in [-0.25, -0.2) is 14.2 Å². The molecule has 0 aliphatic rings. The predicted octanol–water partition coefficient (Wildman–Crippen LogP) is 3.57. The van der Waals surface area contributed by atoms with Crippen LogP contribution in [0.2, 0.25) is 0 Å². The van der Waals surface area contributed by atoms with Crippen LogP contribution in [-0.2, 0) is 4.74 Å². The monoisotopic (exact) mass is 288 g/mol. The molecule has 0 radical (unpaired) electrons. The lowest BCUT2D eigenvalue weighted by atomic mass is 10.1. The van der Waals surface area contributed by atoms with Gasteiger partial charge in [-0.05, 0) is 43.7 Å². The fourth-order valence-corrected chi connectivity index (χ4v) is 1.90. The third kappa shape index (κ3) is 4.02.